The Morgan fingerprint density at radius 1 is 0.425 bits per heavy atom. The Morgan fingerprint density at radius 3 is 1.30 bits per heavy atom. The Morgan fingerprint density at radius 2 is 0.900 bits per heavy atom. The van der Waals surface area contributed by atoms with E-state index in [1.807, 2.05) is 59.3 Å². The summed E-state index contributed by atoms with van der Waals surface area (Å²) < 4.78 is 32.3. The average molecular weight is 593 g/mol. The molecule has 0 aliphatic carbocycles. The van der Waals surface area contributed by atoms with E-state index in [9.17, 15) is 8.78 Å². The van der Waals surface area contributed by atoms with Crippen molar-refractivity contribution in [3.8, 4) is 41.8 Å². The summed E-state index contributed by atoms with van der Waals surface area (Å²) in [6, 6.07) is 32.0. The molecular formula is C34H18F2S4. The zero-order valence-corrected chi connectivity index (χ0v) is 24.0. The van der Waals surface area contributed by atoms with Crippen LogP contribution in [0.15, 0.2) is 108 Å². The third-order valence-electron chi connectivity index (χ3n) is 7.19. The molecule has 4 aromatic heterocycles. The SMILES string of the molecule is Fc1cc(-c2cc3cc4cc5sc(-c6ccc(-c7cccs7)c(F)c6)cc5cc4cc3s2)ccc1-c1cccs1. The zero-order chi connectivity index (χ0) is 26.8. The first kappa shape index (κ1) is 24.1. The molecule has 0 N–H and O–H groups in total. The lowest BCUT2D eigenvalue weighted by atomic mass is 10.0. The van der Waals surface area contributed by atoms with Gasteiger partial charge in [0.15, 0.2) is 0 Å². The van der Waals surface area contributed by atoms with Crippen molar-refractivity contribution in [2.75, 3.05) is 0 Å². The van der Waals surface area contributed by atoms with Gasteiger partial charge in [0.2, 0.25) is 0 Å². The highest BCUT2D eigenvalue weighted by molar-refractivity contribution is 7.22. The third-order valence-corrected chi connectivity index (χ3v) is 11.3. The molecule has 0 atom stereocenters. The fourth-order valence-corrected chi connectivity index (χ4v) is 8.89. The maximum Gasteiger partial charge on any atom is 0.132 e. The Balaban J connectivity index is 1.16. The summed E-state index contributed by atoms with van der Waals surface area (Å²) >= 11 is 6.46. The molecule has 0 bridgehead atoms. The Bertz CT molecular complexity index is 1960. The minimum Gasteiger partial charge on any atom is -0.206 e. The van der Waals surface area contributed by atoms with Gasteiger partial charge in [0.05, 0.1) is 0 Å². The second-order valence-electron chi connectivity index (χ2n) is 9.69. The topological polar surface area (TPSA) is 0 Å². The Kier molecular flexibility index (Phi) is 5.71. The largest absolute Gasteiger partial charge is 0.206 e. The van der Waals surface area contributed by atoms with Crippen molar-refractivity contribution < 1.29 is 8.78 Å². The third kappa shape index (κ3) is 4.11. The number of benzene rings is 4. The summed E-state index contributed by atoms with van der Waals surface area (Å²) in [5, 5.41) is 8.56. The molecule has 8 rings (SSSR count). The van der Waals surface area contributed by atoms with E-state index >= 15 is 0 Å². The lowest BCUT2D eigenvalue weighted by molar-refractivity contribution is 0.632. The molecule has 6 heteroatoms. The highest BCUT2D eigenvalue weighted by Crippen LogP contribution is 2.41. The normalized spacial score (nSPS) is 11.8. The van der Waals surface area contributed by atoms with Gasteiger partial charge in [-0.15, -0.1) is 45.3 Å². The minimum atomic E-state index is -0.195. The fraction of sp³-hybridized carbons (Fsp3) is 0. The molecule has 0 amide bonds. The highest BCUT2D eigenvalue weighted by Gasteiger charge is 2.14. The summed E-state index contributed by atoms with van der Waals surface area (Å²) in [4.78, 5) is 3.99. The van der Waals surface area contributed by atoms with Crippen molar-refractivity contribution in [2.24, 2.45) is 0 Å². The van der Waals surface area contributed by atoms with Crippen LogP contribution in [0, 0.1) is 11.6 Å². The molecule has 0 unspecified atom stereocenters. The summed E-state index contributed by atoms with van der Waals surface area (Å²) in [5.74, 6) is -0.390. The van der Waals surface area contributed by atoms with E-state index in [1.54, 1.807) is 57.5 Å². The molecule has 0 radical (unpaired) electrons. The predicted molar refractivity (Wildman–Crippen MR) is 172 cm³/mol. The van der Waals surface area contributed by atoms with E-state index in [-0.39, 0.29) is 11.6 Å². The molecule has 0 saturated carbocycles. The molecule has 40 heavy (non-hydrogen) atoms. The summed E-state index contributed by atoms with van der Waals surface area (Å²) in [6.45, 7) is 0. The second-order valence-corrected chi connectivity index (χ2v) is 13.8. The zero-order valence-electron chi connectivity index (χ0n) is 20.8. The van der Waals surface area contributed by atoms with Crippen molar-refractivity contribution in [3.63, 3.8) is 0 Å². The van der Waals surface area contributed by atoms with Crippen molar-refractivity contribution in [1.82, 2.24) is 0 Å². The smallest absolute Gasteiger partial charge is 0.132 e. The molecule has 4 aromatic carbocycles. The van der Waals surface area contributed by atoms with Crippen LogP contribution in [0.2, 0.25) is 0 Å². The number of hydrogen-bond acceptors (Lipinski definition) is 4. The van der Waals surface area contributed by atoms with Crippen molar-refractivity contribution >= 4 is 76.3 Å². The van der Waals surface area contributed by atoms with Crippen LogP contribution < -0.4 is 0 Å². The summed E-state index contributed by atoms with van der Waals surface area (Å²) in [5.41, 5.74) is 3.08. The average Bonchev–Trinajstić information content (AvgIpc) is 3.77. The van der Waals surface area contributed by atoms with Gasteiger partial charge in [-0.1, -0.05) is 24.3 Å². The van der Waals surface area contributed by atoms with Gasteiger partial charge < -0.3 is 0 Å². The lowest BCUT2D eigenvalue weighted by Gasteiger charge is -2.03. The van der Waals surface area contributed by atoms with Gasteiger partial charge in [-0.3, -0.25) is 0 Å². The molecule has 4 heterocycles. The number of rotatable bonds is 4. The van der Waals surface area contributed by atoms with Crippen LogP contribution in [0.3, 0.4) is 0 Å². The van der Waals surface area contributed by atoms with Gasteiger partial charge in [0.25, 0.3) is 0 Å². The van der Waals surface area contributed by atoms with E-state index in [2.05, 4.69) is 36.4 Å². The molecule has 8 aromatic rings. The predicted octanol–water partition coefficient (Wildman–Crippen LogP) is 12.3. The minimum absolute atomic E-state index is 0.195. The van der Waals surface area contributed by atoms with Crippen LogP contribution in [0.5, 0.6) is 0 Å². The first-order chi connectivity index (χ1) is 19.6. The molecule has 0 spiro atoms. The highest BCUT2D eigenvalue weighted by atomic mass is 32.1. The lowest BCUT2D eigenvalue weighted by Crippen LogP contribution is -1.82. The molecule has 0 saturated heterocycles. The number of halogens is 2. The van der Waals surface area contributed by atoms with E-state index in [4.69, 9.17) is 0 Å². The van der Waals surface area contributed by atoms with Gasteiger partial charge in [0.1, 0.15) is 11.6 Å². The Hall–Kier alpha value is -3.68. The first-order valence-corrected chi connectivity index (χ1v) is 16.1. The van der Waals surface area contributed by atoms with Crippen molar-refractivity contribution in [3.05, 3.63) is 119 Å². The van der Waals surface area contributed by atoms with E-state index in [0.717, 1.165) is 52.2 Å². The summed E-state index contributed by atoms with van der Waals surface area (Å²) in [6.07, 6.45) is 0. The summed E-state index contributed by atoms with van der Waals surface area (Å²) in [7, 11) is 0. The molecule has 0 aliphatic heterocycles. The molecule has 192 valence electrons. The van der Waals surface area contributed by atoms with Crippen LogP contribution in [0.25, 0.3) is 72.7 Å². The van der Waals surface area contributed by atoms with Crippen LogP contribution in [-0.4, -0.2) is 0 Å². The number of thiophene rings is 4. The van der Waals surface area contributed by atoms with Crippen LogP contribution in [0.4, 0.5) is 8.78 Å². The van der Waals surface area contributed by atoms with E-state index < -0.39 is 0 Å². The van der Waals surface area contributed by atoms with Gasteiger partial charge >= 0.3 is 0 Å². The maximum absolute atomic E-state index is 15.0. The molecule has 0 aliphatic rings. The van der Waals surface area contributed by atoms with Crippen molar-refractivity contribution in [2.45, 2.75) is 0 Å². The van der Waals surface area contributed by atoms with Crippen LogP contribution in [-0.2, 0) is 0 Å². The number of hydrogen-bond donors (Lipinski definition) is 0. The Labute approximate surface area is 245 Å². The van der Waals surface area contributed by atoms with Crippen molar-refractivity contribution in [1.29, 1.82) is 0 Å². The van der Waals surface area contributed by atoms with Crippen LogP contribution in [0.1, 0.15) is 0 Å². The van der Waals surface area contributed by atoms with Gasteiger partial charge in [-0.25, -0.2) is 8.78 Å². The van der Waals surface area contributed by atoms with Crippen LogP contribution >= 0.6 is 45.3 Å². The first-order valence-electron chi connectivity index (χ1n) is 12.7. The van der Waals surface area contributed by atoms with Gasteiger partial charge in [0, 0.05) is 40.0 Å². The standard InChI is InChI=1S/C34H18F2S4/c35-27-13-19(5-7-25(27)29-3-1-9-37-29)31-17-23-11-21-16-34-24(12-22(21)15-33(23)39-31)18-32(40-34)20-6-8-26(28(36)14-20)30-4-2-10-38-30/h1-18H. The molecule has 0 nitrogen and oxygen atoms in total. The quantitative estimate of drug-likeness (QED) is 0.191. The fourth-order valence-electron chi connectivity index (χ4n) is 5.21. The maximum atomic E-state index is 15.0. The van der Waals surface area contributed by atoms with E-state index in [1.165, 1.54) is 9.40 Å². The molecular weight excluding hydrogens is 575 g/mol. The second kappa shape index (κ2) is 9.46. The number of fused-ring (bicyclic) bond motifs is 3. The monoisotopic (exact) mass is 592 g/mol. The van der Waals surface area contributed by atoms with Gasteiger partial charge in [-0.05, 0) is 116 Å². The van der Waals surface area contributed by atoms with Gasteiger partial charge in [-0.2, -0.15) is 0 Å². The molecule has 0 fully saturated rings. The van der Waals surface area contributed by atoms with E-state index in [0.29, 0.717) is 11.1 Å².